The number of esters is 2. The van der Waals surface area contributed by atoms with Crippen molar-refractivity contribution >= 4 is 11.9 Å². The molecule has 0 amide bonds. The Kier molecular flexibility index (Phi) is 14.0. The molecule has 0 bridgehead atoms. The SMILES string of the molecule is Cc1cc(CCC(=O)OCCOCCOCCOC(=O)CCc2cc(C)c(O)c(C(C)C)c2)cc(C(C)C)c1O. The van der Waals surface area contributed by atoms with Crippen LogP contribution < -0.4 is 0 Å². The largest absolute Gasteiger partial charge is 0.507 e. The normalized spacial score (nSPS) is 11.3. The summed E-state index contributed by atoms with van der Waals surface area (Å²) < 4.78 is 21.3. The fourth-order valence-corrected chi connectivity index (χ4v) is 4.32. The highest BCUT2D eigenvalue weighted by Gasteiger charge is 2.13. The second kappa shape index (κ2) is 16.9. The Labute approximate surface area is 238 Å². The van der Waals surface area contributed by atoms with E-state index in [0.29, 0.717) is 37.6 Å². The molecule has 2 rings (SSSR count). The van der Waals surface area contributed by atoms with Crippen molar-refractivity contribution in [1.82, 2.24) is 0 Å². The molecule has 222 valence electrons. The van der Waals surface area contributed by atoms with E-state index in [4.69, 9.17) is 18.9 Å². The Morgan fingerprint density at radius 1 is 0.625 bits per heavy atom. The van der Waals surface area contributed by atoms with Gasteiger partial charge in [-0.1, -0.05) is 52.0 Å². The third-order valence-electron chi connectivity index (χ3n) is 6.61. The van der Waals surface area contributed by atoms with Gasteiger partial charge >= 0.3 is 11.9 Å². The van der Waals surface area contributed by atoms with E-state index in [0.717, 1.165) is 33.4 Å². The third kappa shape index (κ3) is 11.2. The maximum absolute atomic E-state index is 12.0. The molecule has 2 aromatic rings. The molecule has 2 aromatic carbocycles. The summed E-state index contributed by atoms with van der Waals surface area (Å²) in [5, 5.41) is 20.4. The van der Waals surface area contributed by atoms with Crippen molar-refractivity contribution < 1.29 is 38.7 Å². The number of phenols is 2. The topological polar surface area (TPSA) is 112 Å². The highest BCUT2D eigenvalue weighted by Crippen LogP contribution is 2.31. The molecular weight excluding hydrogens is 512 g/mol. The first-order valence-corrected chi connectivity index (χ1v) is 14.1. The smallest absolute Gasteiger partial charge is 0.306 e. The molecule has 0 saturated carbocycles. The molecule has 0 saturated heterocycles. The lowest BCUT2D eigenvalue weighted by atomic mass is 9.95. The molecule has 0 radical (unpaired) electrons. The average molecular weight is 559 g/mol. The van der Waals surface area contributed by atoms with Crippen LogP contribution in [0.25, 0.3) is 0 Å². The van der Waals surface area contributed by atoms with Crippen LogP contribution in [-0.4, -0.2) is 61.8 Å². The van der Waals surface area contributed by atoms with Crippen LogP contribution in [0, 0.1) is 13.8 Å². The number of rotatable bonds is 17. The van der Waals surface area contributed by atoms with E-state index in [9.17, 15) is 19.8 Å². The minimum Gasteiger partial charge on any atom is -0.507 e. The molecule has 0 aliphatic carbocycles. The van der Waals surface area contributed by atoms with Crippen LogP contribution in [0.1, 0.15) is 85.8 Å². The van der Waals surface area contributed by atoms with Crippen molar-refractivity contribution in [3.8, 4) is 11.5 Å². The minimum atomic E-state index is -0.292. The van der Waals surface area contributed by atoms with Crippen molar-refractivity contribution in [2.75, 3.05) is 39.6 Å². The number of ether oxygens (including phenoxy) is 4. The summed E-state index contributed by atoms with van der Waals surface area (Å²) in [4.78, 5) is 24.1. The molecule has 0 spiro atoms. The van der Waals surface area contributed by atoms with Crippen LogP contribution >= 0.6 is 0 Å². The van der Waals surface area contributed by atoms with Gasteiger partial charge in [0.15, 0.2) is 0 Å². The number of carbonyl (C=O) groups excluding carboxylic acids is 2. The van der Waals surface area contributed by atoms with Crippen molar-refractivity contribution in [2.45, 2.75) is 79.1 Å². The fraction of sp³-hybridized carbons (Fsp3) is 0.562. The van der Waals surface area contributed by atoms with Gasteiger partial charge in [0.1, 0.15) is 24.7 Å². The Balaban J connectivity index is 1.50. The molecule has 8 nitrogen and oxygen atoms in total. The Bertz CT molecular complexity index is 1020. The van der Waals surface area contributed by atoms with Crippen LogP contribution in [-0.2, 0) is 41.4 Å². The standard InChI is InChI=1S/C32H46O8/c1-21(2)27-19-25(17-23(5)31(27)35)7-9-29(33)39-15-13-37-11-12-38-14-16-40-30(34)10-8-26-18-24(6)32(36)28(20-26)22(3)4/h17-22,35-36H,7-16H2,1-6H3. The van der Waals surface area contributed by atoms with Gasteiger partial charge in [0.05, 0.1) is 26.4 Å². The minimum absolute atomic E-state index is 0.168. The Morgan fingerprint density at radius 2 is 0.975 bits per heavy atom. The van der Waals surface area contributed by atoms with Gasteiger partial charge in [0.25, 0.3) is 0 Å². The first kappa shape index (κ1) is 33.1. The van der Waals surface area contributed by atoms with E-state index in [-0.39, 0.29) is 63.0 Å². The van der Waals surface area contributed by atoms with Crippen LogP contribution in [0.4, 0.5) is 0 Å². The summed E-state index contributed by atoms with van der Waals surface area (Å²) >= 11 is 0. The highest BCUT2D eigenvalue weighted by atomic mass is 16.6. The van der Waals surface area contributed by atoms with Gasteiger partial charge in [-0.3, -0.25) is 9.59 Å². The van der Waals surface area contributed by atoms with E-state index in [1.807, 2.05) is 65.8 Å². The zero-order chi connectivity index (χ0) is 29.7. The number of aromatic hydroxyl groups is 2. The molecule has 8 heteroatoms. The van der Waals surface area contributed by atoms with Crippen LogP contribution in [0.2, 0.25) is 0 Å². The third-order valence-corrected chi connectivity index (χ3v) is 6.61. The molecule has 0 unspecified atom stereocenters. The number of hydrogen-bond acceptors (Lipinski definition) is 8. The number of aryl methyl sites for hydroxylation is 4. The van der Waals surface area contributed by atoms with Gasteiger partial charge in [-0.05, 0) is 71.9 Å². The molecule has 40 heavy (non-hydrogen) atoms. The summed E-state index contributed by atoms with van der Waals surface area (Å²) in [6, 6.07) is 7.70. The number of benzene rings is 2. The van der Waals surface area contributed by atoms with E-state index in [1.54, 1.807) is 0 Å². The Morgan fingerprint density at radius 3 is 1.32 bits per heavy atom. The van der Waals surface area contributed by atoms with Gasteiger partial charge in [-0.15, -0.1) is 0 Å². The predicted molar refractivity (Wildman–Crippen MR) is 154 cm³/mol. The second-order valence-electron chi connectivity index (χ2n) is 10.7. The first-order valence-electron chi connectivity index (χ1n) is 14.1. The van der Waals surface area contributed by atoms with E-state index in [1.165, 1.54) is 0 Å². The number of carbonyl (C=O) groups is 2. The summed E-state index contributed by atoms with van der Waals surface area (Å²) in [5.74, 6) is 0.458. The first-order chi connectivity index (χ1) is 19.0. The van der Waals surface area contributed by atoms with Gasteiger partial charge in [-0.2, -0.15) is 0 Å². The van der Waals surface area contributed by atoms with E-state index < -0.39 is 0 Å². The summed E-state index contributed by atoms with van der Waals surface area (Å²) in [7, 11) is 0. The molecule has 0 fully saturated rings. The summed E-state index contributed by atoms with van der Waals surface area (Å²) in [6.07, 6.45) is 1.62. The summed E-state index contributed by atoms with van der Waals surface area (Å²) in [5.41, 5.74) is 5.40. The summed E-state index contributed by atoms with van der Waals surface area (Å²) in [6.45, 7) is 13.4. The molecule has 0 aliphatic heterocycles. The highest BCUT2D eigenvalue weighted by molar-refractivity contribution is 5.70. The van der Waals surface area contributed by atoms with Gasteiger partial charge in [0, 0.05) is 12.8 Å². The maximum Gasteiger partial charge on any atom is 0.306 e. The molecular formula is C32H46O8. The van der Waals surface area contributed by atoms with E-state index >= 15 is 0 Å². The van der Waals surface area contributed by atoms with Crippen LogP contribution in [0.15, 0.2) is 24.3 Å². The van der Waals surface area contributed by atoms with Crippen molar-refractivity contribution in [2.24, 2.45) is 0 Å². The molecule has 0 aromatic heterocycles. The molecule has 0 aliphatic rings. The predicted octanol–water partition coefficient (Wildman–Crippen LogP) is 5.65. The number of phenolic OH excluding ortho intramolecular Hbond substituents is 2. The fourth-order valence-electron chi connectivity index (χ4n) is 4.32. The Hall–Kier alpha value is -3.10. The lowest BCUT2D eigenvalue weighted by Gasteiger charge is -2.13. The molecule has 2 N–H and O–H groups in total. The monoisotopic (exact) mass is 558 g/mol. The maximum atomic E-state index is 12.0. The van der Waals surface area contributed by atoms with Crippen molar-refractivity contribution in [1.29, 1.82) is 0 Å². The average Bonchev–Trinajstić information content (AvgIpc) is 2.90. The zero-order valence-corrected chi connectivity index (χ0v) is 24.9. The zero-order valence-electron chi connectivity index (χ0n) is 24.9. The second-order valence-corrected chi connectivity index (χ2v) is 10.7. The van der Waals surface area contributed by atoms with Gasteiger partial charge < -0.3 is 29.2 Å². The van der Waals surface area contributed by atoms with Crippen molar-refractivity contribution in [3.05, 3.63) is 57.6 Å². The lowest BCUT2D eigenvalue weighted by molar-refractivity contribution is -0.146. The number of hydrogen-bond donors (Lipinski definition) is 2. The van der Waals surface area contributed by atoms with Crippen LogP contribution in [0.5, 0.6) is 11.5 Å². The van der Waals surface area contributed by atoms with Crippen LogP contribution in [0.3, 0.4) is 0 Å². The van der Waals surface area contributed by atoms with Gasteiger partial charge in [-0.25, -0.2) is 0 Å². The molecule has 0 heterocycles. The van der Waals surface area contributed by atoms with Gasteiger partial charge in [0.2, 0.25) is 0 Å². The lowest BCUT2D eigenvalue weighted by Crippen LogP contribution is -2.15. The van der Waals surface area contributed by atoms with Crippen molar-refractivity contribution in [3.63, 3.8) is 0 Å². The van der Waals surface area contributed by atoms with E-state index in [2.05, 4.69) is 0 Å². The molecule has 0 atom stereocenters. The quantitative estimate of drug-likeness (QED) is 0.189.